The van der Waals surface area contributed by atoms with E-state index >= 15 is 0 Å². The van der Waals surface area contributed by atoms with Gasteiger partial charge in [0.2, 0.25) is 0 Å². The molecule has 1 fully saturated rings. The summed E-state index contributed by atoms with van der Waals surface area (Å²) in [5, 5.41) is 0. The van der Waals surface area contributed by atoms with Crippen LogP contribution in [-0.2, 0) is 9.47 Å². The first kappa shape index (κ1) is 7.30. The summed E-state index contributed by atoms with van der Waals surface area (Å²) in [6.07, 6.45) is 4.15. The lowest BCUT2D eigenvalue weighted by molar-refractivity contribution is 0.137. The molecule has 0 amide bonds. The molecule has 1 atom stereocenters. The van der Waals surface area contributed by atoms with E-state index in [0.717, 1.165) is 0 Å². The van der Waals surface area contributed by atoms with E-state index in [4.69, 9.17) is 9.47 Å². The van der Waals surface area contributed by atoms with Crippen LogP contribution in [0.4, 0.5) is 4.79 Å². The maximum absolute atomic E-state index is 11.1. The number of nitrogens with zero attached hydrogens (tertiary/aromatic N) is 2. The molecule has 64 valence electrons. The monoisotopic (exact) mass is 168 g/mol. The molecule has 0 radical (unpaired) electrons. The van der Waals surface area contributed by atoms with Crippen molar-refractivity contribution in [3.05, 3.63) is 18.7 Å². The predicted octanol–water partition coefficient (Wildman–Crippen LogP) is 0.267. The topological polar surface area (TPSA) is 56.6 Å². The summed E-state index contributed by atoms with van der Waals surface area (Å²) in [7, 11) is 0. The van der Waals surface area contributed by atoms with Gasteiger partial charge >= 0.3 is 6.09 Å². The lowest BCUT2D eigenvalue weighted by Crippen LogP contribution is -2.14. The van der Waals surface area contributed by atoms with Crippen LogP contribution in [0.15, 0.2) is 18.7 Å². The molecule has 1 aliphatic rings. The van der Waals surface area contributed by atoms with Gasteiger partial charge in [-0.3, -0.25) is 0 Å². The summed E-state index contributed by atoms with van der Waals surface area (Å²) >= 11 is 0. The molecule has 12 heavy (non-hydrogen) atoms. The number of carbonyl (C=O) groups excluding carboxylic acids is 1. The van der Waals surface area contributed by atoms with Gasteiger partial charge in [0.15, 0.2) is 0 Å². The summed E-state index contributed by atoms with van der Waals surface area (Å²) in [4.78, 5) is 14.8. The first-order chi connectivity index (χ1) is 5.86. The molecule has 1 aliphatic heterocycles. The van der Waals surface area contributed by atoms with Gasteiger partial charge in [-0.1, -0.05) is 0 Å². The minimum absolute atomic E-state index is 0.109. The van der Waals surface area contributed by atoms with E-state index in [0.29, 0.717) is 13.2 Å². The van der Waals surface area contributed by atoms with Gasteiger partial charge < -0.3 is 9.47 Å². The smallest absolute Gasteiger partial charge is 0.419 e. The quantitative estimate of drug-likeness (QED) is 0.594. The van der Waals surface area contributed by atoms with Gasteiger partial charge in [-0.15, -0.1) is 0 Å². The zero-order valence-electron chi connectivity index (χ0n) is 6.34. The summed E-state index contributed by atoms with van der Waals surface area (Å²) in [5.41, 5.74) is 0. The first-order valence-corrected chi connectivity index (χ1v) is 3.63. The van der Waals surface area contributed by atoms with Gasteiger partial charge in [-0.05, 0) is 0 Å². The fourth-order valence-electron chi connectivity index (χ4n) is 0.770. The van der Waals surface area contributed by atoms with Crippen LogP contribution in [-0.4, -0.2) is 35.0 Å². The van der Waals surface area contributed by atoms with Crippen LogP contribution in [0.25, 0.3) is 0 Å². The fraction of sp³-hybridized carbons (Fsp3) is 0.429. The Hall–Kier alpha value is -1.36. The SMILES string of the molecule is O=C(OCC1CO1)n1ccnc1. The number of aromatic nitrogens is 2. The number of rotatable bonds is 2. The molecule has 5 heteroatoms. The normalized spacial score (nSPS) is 20.5. The van der Waals surface area contributed by atoms with E-state index in [1.54, 1.807) is 0 Å². The summed E-state index contributed by atoms with van der Waals surface area (Å²) in [6.45, 7) is 1.02. The molecule has 0 spiro atoms. The molecule has 0 saturated carbocycles. The van der Waals surface area contributed by atoms with Crippen LogP contribution < -0.4 is 0 Å². The van der Waals surface area contributed by atoms with Crippen molar-refractivity contribution in [2.75, 3.05) is 13.2 Å². The highest BCUT2D eigenvalue weighted by molar-refractivity contribution is 5.69. The van der Waals surface area contributed by atoms with E-state index in [1.807, 2.05) is 0 Å². The predicted molar refractivity (Wildman–Crippen MR) is 38.7 cm³/mol. The van der Waals surface area contributed by atoms with Crippen LogP contribution in [0, 0.1) is 0 Å². The van der Waals surface area contributed by atoms with Crippen molar-refractivity contribution in [2.24, 2.45) is 0 Å². The average molecular weight is 168 g/mol. The van der Waals surface area contributed by atoms with Gasteiger partial charge in [0.1, 0.15) is 19.0 Å². The fourth-order valence-corrected chi connectivity index (χ4v) is 0.770. The molecular weight excluding hydrogens is 160 g/mol. The van der Waals surface area contributed by atoms with Crippen molar-refractivity contribution in [3.8, 4) is 0 Å². The zero-order chi connectivity index (χ0) is 8.39. The van der Waals surface area contributed by atoms with Crippen LogP contribution in [0.5, 0.6) is 0 Å². The van der Waals surface area contributed by atoms with E-state index in [9.17, 15) is 4.79 Å². The molecule has 1 aromatic heterocycles. The Bertz CT molecular complexity index is 266. The second kappa shape index (κ2) is 2.94. The van der Waals surface area contributed by atoms with Gasteiger partial charge in [0, 0.05) is 12.4 Å². The Morgan fingerprint density at radius 3 is 3.25 bits per heavy atom. The standard InChI is InChI=1S/C7H8N2O3/c10-7(9-2-1-8-5-9)12-4-6-3-11-6/h1-2,5-6H,3-4H2. The first-order valence-electron chi connectivity index (χ1n) is 3.63. The van der Waals surface area contributed by atoms with Crippen LogP contribution in [0.1, 0.15) is 0 Å². The molecule has 5 nitrogen and oxygen atoms in total. The largest absolute Gasteiger partial charge is 0.446 e. The van der Waals surface area contributed by atoms with Gasteiger partial charge in [0.25, 0.3) is 0 Å². The third-order valence-corrected chi connectivity index (χ3v) is 1.51. The van der Waals surface area contributed by atoms with Crippen LogP contribution >= 0.6 is 0 Å². The molecule has 0 bridgehead atoms. The number of epoxide rings is 1. The third-order valence-electron chi connectivity index (χ3n) is 1.51. The molecule has 0 N–H and O–H groups in total. The Kier molecular flexibility index (Phi) is 1.79. The van der Waals surface area contributed by atoms with Crippen LogP contribution in [0.2, 0.25) is 0 Å². The molecular formula is C7H8N2O3. The molecule has 1 unspecified atom stereocenters. The molecule has 0 aliphatic carbocycles. The maximum atomic E-state index is 11.1. The van der Waals surface area contributed by atoms with Gasteiger partial charge in [-0.2, -0.15) is 0 Å². The zero-order valence-corrected chi connectivity index (χ0v) is 6.34. The number of imidazole rings is 1. The Morgan fingerprint density at radius 2 is 2.67 bits per heavy atom. The molecule has 0 aromatic carbocycles. The van der Waals surface area contributed by atoms with Crippen LogP contribution in [0.3, 0.4) is 0 Å². The van der Waals surface area contributed by atoms with Gasteiger partial charge in [0.05, 0.1) is 6.61 Å². The minimum atomic E-state index is -0.414. The molecule has 1 aromatic rings. The molecule has 2 rings (SSSR count). The van der Waals surface area contributed by atoms with E-state index < -0.39 is 6.09 Å². The number of hydrogen-bond acceptors (Lipinski definition) is 4. The van der Waals surface area contributed by atoms with Crippen molar-refractivity contribution in [1.29, 1.82) is 0 Å². The Balaban J connectivity index is 1.83. The highest BCUT2D eigenvalue weighted by atomic mass is 16.6. The molecule has 1 saturated heterocycles. The average Bonchev–Trinajstić information content (AvgIpc) is 2.74. The van der Waals surface area contributed by atoms with Crippen molar-refractivity contribution in [1.82, 2.24) is 9.55 Å². The lowest BCUT2D eigenvalue weighted by atomic mass is 10.5. The Morgan fingerprint density at radius 1 is 1.83 bits per heavy atom. The second-order valence-electron chi connectivity index (χ2n) is 2.50. The summed E-state index contributed by atoms with van der Waals surface area (Å²) in [6, 6.07) is 0. The van der Waals surface area contributed by atoms with E-state index in [1.165, 1.54) is 23.3 Å². The number of ether oxygens (including phenoxy) is 2. The summed E-state index contributed by atoms with van der Waals surface area (Å²) < 4.78 is 11.0. The third kappa shape index (κ3) is 1.62. The molecule has 2 heterocycles. The van der Waals surface area contributed by atoms with Gasteiger partial charge in [-0.25, -0.2) is 14.3 Å². The highest BCUT2D eigenvalue weighted by Crippen LogP contribution is 2.08. The minimum Gasteiger partial charge on any atom is -0.446 e. The second-order valence-corrected chi connectivity index (χ2v) is 2.50. The number of hydrogen-bond donors (Lipinski definition) is 0. The maximum Gasteiger partial charge on any atom is 0.419 e. The van der Waals surface area contributed by atoms with Crippen molar-refractivity contribution < 1.29 is 14.3 Å². The summed E-state index contributed by atoms with van der Waals surface area (Å²) in [5.74, 6) is 0. The highest BCUT2D eigenvalue weighted by Gasteiger charge is 2.24. The van der Waals surface area contributed by atoms with E-state index in [-0.39, 0.29) is 6.10 Å². The van der Waals surface area contributed by atoms with Crippen molar-refractivity contribution in [3.63, 3.8) is 0 Å². The van der Waals surface area contributed by atoms with Crippen molar-refractivity contribution >= 4 is 6.09 Å². The number of carbonyl (C=O) groups is 1. The van der Waals surface area contributed by atoms with E-state index in [2.05, 4.69) is 4.98 Å². The Labute approximate surface area is 68.9 Å². The van der Waals surface area contributed by atoms with Crippen molar-refractivity contribution in [2.45, 2.75) is 6.10 Å². The lowest BCUT2D eigenvalue weighted by Gasteiger charge is -2.00.